The summed E-state index contributed by atoms with van der Waals surface area (Å²) in [5, 5.41) is 9.10. The molecule has 0 aromatic heterocycles. The van der Waals surface area contributed by atoms with E-state index >= 15 is 0 Å². The van der Waals surface area contributed by atoms with E-state index in [0.717, 1.165) is 6.42 Å². The Hall–Kier alpha value is -1.08. The molecule has 1 aromatic rings. The fourth-order valence-corrected chi connectivity index (χ4v) is 1.17. The van der Waals surface area contributed by atoms with Crippen LogP contribution in [-0.4, -0.2) is 11.2 Å². The Morgan fingerprint density at radius 3 is 2.54 bits per heavy atom. The summed E-state index contributed by atoms with van der Waals surface area (Å²) < 4.78 is 0. The van der Waals surface area contributed by atoms with Crippen molar-refractivity contribution in [3.05, 3.63) is 42.0 Å². The Balaban J connectivity index is 2.68. The van der Waals surface area contributed by atoms with Crippen molar-refractivity contribution in [2.24, 2.45) is 0 Å². The normalized spacial score (nSPS) is 14.2. The molecule has 0 heterocycles. The van der Waals surface area contributed by atoms with Gasteiger partial charge in [-0.2, -0.15) is 0 Å². The molecule has 1 N–H and O–H groups in total. The third kappa shape index (κ3) is 3.43. The second kappa shape index (κ2) is 4.83. The standard InChI is InChI=1S/C12H16O/c1-10(8-9-11(2)13)12-6-4-3-5-7-12/h3-8,11,13H,9H2,1-2H3. The molecular weight excluding hydrogens is 160 g/mol. The molecule has 1 heteroatoms. The highest BCUT2D eigenvalue weighted by Crippen LogP contribution is 2.13. The predicted octanol–water partition coefficient (Wildman–Crippen LogP) is 2.86. The van der Waals surface area contributed by atoms with E-state index in [1.165, 1.54) is 11.1 Å². The molecule has 1 rings (SSSR count). The minimum atomic E-state index is -0.251. The van der Waals surface area contributed by atoms with Crippen molar-refractivity contribution in [2.45, 2.75) is 26.4 Å². The van der Waals surface area contributed by atoms with E-state index < -0.39 is 0 Å². The third-order valence-electron chi connectivity index (χ3n) is 1.99. The van der Waals surface area contributed by atoms with Crippen LogP contribution in [0.2, 0.25) is 0 Å². The third-order valence-corrected chi connectivity index (χ3v) is 1.99. The molecule has 0 fully saturated rings. The van der Waals surface area contributed by atoms with Crippen LogP contribution >= 0.6 is 0 Å². The van der Waals surface area contributed by atoms with Gasteiger partial charge in [-0.3, -0.25) is 0 Å². The molecule has 0 saturated carbocycles. The Bertz CT molecular complexity index is 272. The zero-order valence-electron chi connectivity index (χ0n) is 8.20. The maximum Gasteiger partial charge on any atom is 0.0546 e. The lowest BCUT2D eigenvalue weighted by atomic mass is 10.1. The average molecular weight is 176 g/mol. The van der Waals surface area contributed by atoms with Gasteiger partial charge in [-0.05, 0) is 31.4 Å². The SMILES string of the molecule is CC(=CCC(C)O)c1ccccc1. The molecule has 0 spiro atoms. The summed E-state index contributed by atoms with van der Waals surface area (Å²) in [7, 11) is 0. The summed E-state index contributed by atoms with van der Waals surface area (Å²) in [6.45, 7) is 3.87. The van der Waals surface area contributed by atoms with Crippen molar-refractivity contribution in [1.82, 2.24) is 0 Å². The molecule has 13 heavy (non-hydrogen) atoms. The summed E-state index contributed by atoms with van der Waals surface area (Å²) in [6.07, 6.45) is 2.54. The molecular formula is C12H16O. The average Bonchev–Trinajstić information content (AvgIpc) is 2.15. The highest BCUT2D eigenvalue weighted by molar-refractivity contribution is 5.63. The largest absolute Gasteiger partial charge is 0.393 e. The summed E-state index contributed by atoms with van der Waals surface area (Å²) in [5.74, 6) is 0. The van der Waals surface area contributed by atoms with Gasteiger partial charge in [0.1, 0.15) is 0 Å². The number of aliphatic hydroxyl groups is 1. The molecule has 0 saturated heterocycles. The quantitative estimate of drug-likeness (QED) is 0.750. The van der Waals surface area contributed by atoms with Crippen LogP contribution in [0, 0.1) is 0 Å². The minimum absolute atomic E-state index is 0.251. The van der Waals surface area contributed by atoms with Gasteiger partial charge in [0, 0.05) is 0 Å². The van der Waals surface area contributed by atoms with Crippen LogP contribution in [0.5, 0.6) is 0 Å². The fraction of sp³-hybridized carbons (Fsp3) is 0.333. The van der Waals surface area contributed by atoms with Crippen molar-refractivity contribution >= 4 is 5.57 Å². The maximum absolute atomic E-state index is 9.10. The molecule has 1 nitrogen and oxygen atoms in total. The summed E-state index contributed by atoms with van der Waals surface area (Å²) in [6, 6.07) is 10.2. The topological polar surface area (TPSA) is 20.2 Å². The second-order valence-electron chi connectivity index (χ2n) is 3.34. The molecule has 0 aliphatic rings. The Labute approximate surface area is 79.7 Å². The number of hydrogen-bond donors (Lipinski definition) is 1. The van der Waals surface area contributed by atoms with Gasteiger partial charge in [0.2, 0.25) is 0 Å². The van der Waals surface area contributed by atoms with Crippen LogP contribution in [0.1, 0.15) is 25.8 Å². The van der Waals surface area contributed by atoms with Crippen LogP contribution < -0.4 is 0 Å². The zero-order valence-corrected chi connectivity index (χ0v) is 8.20. The van der Waals surface area contributed by atoms with Gasteiger partial charge in [0.25, 0.3) is 0 Å². The Kier molecular flexibility index (Phi) is 3.71. The first-order valence-corrected chi connectivity index (χ1v) is 4.60. The van der Waals surface area contributed by atoms with E-state index in [-0.39, 0.29) is 6.10 Å². The van der Waals surface area contributed by atoms with Gasteiger partial charge in [0.05, 0.1) is 6.10 Å². The van der Waals surface area contributed by atoms with Gasteiger partial charge >= 0.3 is 0 Å². The van der Waals surface area contributed by atoms with Crippen molar-refractivity contribution < 1.29 is 5.11 Å². The lowest BCUT2D eigenvalue weighted by molar-refractivity contribution is 0.198. The van der Waals surface area contributed by atoms with E-state index in [4.69, 9.17) is 5.11 Å². The van der Waals surface area contributed by atoms with Gasteiger partial charge in [-0.1, -0.05) is 36.4 Å². The molecule has 0 amide bonds. The Morgan fingerprint density at radius 2 is 2.00 bits per heavy atom. The molecule has 1 unspecified atom stereocenters. The second-order valence-corrected chi connectivity index (χ2v) is 3.34. The maximum atomic E-state index is 9.10. The summed E-state index contributed by atoms with van der Waals surface area (Å²) in [5.41, 5.74) is 2.45. The van der Waals surface area contributed by atoms with Gasteiger partial charge in [0.15, 0.2) is 0 Å². The van der Waals surface area contributed by atoms with Crippen LogP contribution in [0.25, 0.3) is 5.57 Å². The molecule has 1 atom stereocenters. The van der Waals surface area contributed by atoms with E-state index in [9.17, 15) is 0 Å². The first-order chi connectivity index (χ1) is 6.20. The predicted molar refractivity (Wildman–Crippen MR) is 56.4 cm³/mol. The van der Waals surface area contributed by atoms with E-state index in [0.29, 0.717) is 0 Å². The van der Waals surface area contributed by atoms with Gasteiger partial charge in [-0.15, -0.1) is 0 Å². The minimum Gasteiger partial charge on any atom is -0.393 e. The monoisotopic (exact) mass is 176 g/mol. The number of hydrogen-bond acceptors (Lipinski definition) is 1. The first kappa shape index (κ1) is 10.0. The first-order valence-electron chi connectivity index (χ1n) is 4.60. The number of allylic oxidation sites excluding steroid dienone is 1. The van der Waals surface area contributed by atoms with Crippen molar-refractivity contribution in [2.75, 3.05) is 0 Å². The molecule has 0 aliphatic carbocycles. The number of benzene rings is 1. The molecule has 0 radical (unpaired) electrons. The highest BCUT2D eigenvalue weighted by Gasteiger charge is 1.95. The van der Waals surface area contributed by atoms with Gasteiger partial charge < -0.3 is 5.11 Å². The molecule has 70 valence electrons. The van der Waals surface area contributed by atoms with Crippen LogP contribution in [0.4, 0.5) is 0 Å². The van der Waals surface area contributed by atoms with Crippen molar-refractivity contribution in [3.63, 3.8) is 0 Å². The fourth-order valence-electron chi connectivity index (χ4n) is 1.17. The highest BCUT2D eigenvalue weighted by atomic mass is 16.3. The molecule has 1 aromatic carbocycles. The van der Waals surface area contributed by atoms with Gasteiger partial charge in [-0.25, -0.2) is 0 Å². The lowest BCUT2D eigenvalue weighted by Crippen LogP contribution is -1.96. The Morgan fingerprint density at radius 1 is 1.38 bits per heavy atom. The zero-order chi connectivity index (χ0) is 9.68. The number of rotatable bonds is 3. The van der Waals surface area contributed by atoms with E-state index in [2.05, 4.69) is 25.1 Å². The van der Waals surface area contributed by atoms with Crippen LogP contribution in [0.3, 0.4) is 0 Å². The van der Waals surface area contributed by atoms with Crippen LogP contribution in [-0.2, 0) is 0 Å². The van der Waals surface area contributed by atoms with E-state index in [1.807, 2.05) is 18.2 Å². The smallest absolute Gasteiger partial charge is 0.0546 e. The summed E-state index contributed by atoms with van der Waals surface area (Å²) in [4.78, 5) is 0. The molecule has 0 bridgehead atoms. The lowest BCUT2D eigenvalue weighted by Gasteiger charge is -2.02. The van der Waals surface area contributed by atoms with Crippen molar-refractivity contribution in [3.8, 4) is 0 Å². The molecule has 0 aliphatic heterocycles. The van der Waals surface area contributed by atoms with Crippen LogP contribution in [0.15, 0.2) is 36.4 Å². The number of aliphatic hydroxyl groups excluding tert-OH is 1. The van der Waals surface area contributed by atoms with E-state index in [1.54, 1.807) is 6.92 Å². The summed E-state index contributed by atoms with van der Waals surface area (Å²) >= 11 is 0. The van der Waals surface area contributed by atoms with Crippen molar-refractivity contribution in [1.29, 1.82) is 0 Å².